The molecule has 120 heavy (non-hydrogen) atoms. The van der Waals surface area contributed by atoms with Crippen LogP contribution in [0.5, 0.6) is 23.0 Å². The lowest BCUT2D eigenvalue weighted by Gasteiger charge is -2.45. The van der Waals surface area contributed by atoms with Gasteiger partial charge >= 0.3 is 0 Å². The van der Waals surface area contributed by atoms with Gasteiger partial charge in [0.25, 0.3) is 0 Å². The van der Waals surface area contributed by atoms with Crippen molar-refractivity contribution in [1.29, 1.82) is 0 Å². The maximum absolute atomic E-state index is 7.08. The molecule has 0 saturated carbocycles. The number of ether oxygens (including phenoxy) is 2. The van der Waals surface area contributed by atoms with Crippen LogP contribution >= 0.6 is 15.9 Å². The largest absolute Gasteiger partial charge is 0.457 e. The topological polar surface area (TPSA) is 55.5 Å². The molecule has 0 fully saturated rings. The minimum Gasteiger partial charge on any atom is -0.457 e. The summed E-state index contributed by atoms with van der Waals surface area (Å²) in [4.78, 5) is 8.18. The van der Waals surface area contributed by atoms with Crippen molar-refractivity contribution in [2.24, 2.45) is 0 Å². The van der Waals surface area contributed by atoms with Crippen LogP contribution < -0.4 is 19.3 Å². The monoisotopic (exact) mass is 1600 g/mol. The third-order valence-electron chi connectivity index (χ3n) is 25.0. The van der Waals surface area contributed by atoms with Crippen LogP contribution in [0.4, 0.5) is 34.1 Å². The second-order valence-electron chi connectivity index (χ2n) is 31.1. The number of fused-ring (bicyclic) bond motifs is 28. The van der Waals surface area contributed by atoms with Crippen molar-refractivity contribution in [3.05, 3.63) is 474 Å². The molecule has 4 aromatic heterocycles. The molecule has 2 spiro atoms. The van der Waals surface area contributed by atoms with Gasteiger partial charge in [-0.05, 0) is 180 Å². The number of rotatable bonds is 7. The maximum atomic E-state index is 7.08. The van der Waals surface area contributed by atoms with E-state index in [0.717, 1.165) is 100 Å². The third kappa shape index (κ3) is 10.4. The van der Waals surface area contributed by atoms with Crippen molar-refractivity contribution in [2.75, 3.05) is 9.80 Å². The van der Waals surface area contributed by atoms with Gasteiger partial charge in [0.2, 0.25) is 0 Å². The Kier molecular flexibility index (Phi) is 16.3. The first kappa shape index (κ1) is 70.3. The predicted octanol–water partition coefficient (Wildman–Crippen LogP) is 29.9. The van der Waals surface area contributed by atoms with Crippen LogP contribution in [0.25, 0.3) is 104 Å². The number of benzene rings is 18. The fourth-order valence-corrected chi connectivity index (χ4v) is 20.5. The van der Waals surface area contributed by atoms with Gasteiger partial charge in [-0.15, -0.1) is 0 Å². The summed E-state index contributed by atoms with van der Waals surface area (Å²) >= 11 is 3.49. The fourth-order valence-electron chi connectivity index (χ4n) is 20.3. The van der Waals surface area contributed by atoms with E-state index in [1.54, 1.807) is 0 Å². The Bertz CT molecular complexity index is 7750. The highest BCUT2D eigenvalue weighted by Crippen LogP contribution is 2.64. The standard InChI is InChI=1S/C55H35N3O.C37H22N2O.C18H14BrN.CH4/c1-3-16-36(17-4-1)56(37-18-5-2-6-19-37)38-30-32-39(33-31-38)57-48-26-11-8-21-41(48)43-34-47-53(35-51(43)57)59-52-29-14-10-24-45(52)55(47)44-23-9-13-28-50(44)58-49-27-12-7-20-40(49)42-22-15-25-46(55)54(42)58;1-5-16-30-22(10-1)25-20-29-35(21-31(25)38-30)40-34-19-8-4-14-27(34)37(29)26-13-3-7-18-33(26)39-32-17-6-2-11-23(32)24-12-9-15-28(37)36(24)39;19-15-11-13-18(14-12-15)20(16-7-3-1-4-8-16)17-9-5-2-6-10-17;/h1-35H;1-21,38H;1-14H;1H4. The summed E-state index contributed by atoms with van der Waals surface area (Å²) in [6.45, 7) is 0. The molecule has 22 aromatic rings. The number of aromatic amines is 1. The van der Waals surface area contributed by atoms with E-state index >= 15 is 0 Å². The SMILES string of the molecule is Brc1ccc(N(c2ccccc2)c2ccccc2)cc1.C.c1ccc(N(c2ccccc2)c2ccc(-n3c4ccccc4c4cc5c(cc43)Oc3ccccc3C53c4ccccc4-n4c5ccccc5c5cccc3c54)cc2)cc1.c1ccc2c(c1)Oc1cc3[nH]c4ccccc4c3cc1C21c2ccccc2-n2c3ccccc3c3cccc1c32. The molecule has 0 radical (unpaired) electrons. The minimum absolute atomic E-state index is 0. The van der Waals surface area contributed by atoms with Gasteiger partial charge in [0.15, 0.2) is 0 Å². The zero-order chi connectivity index (χ0) is 78.4. The average molecular weight is 1600 g/mol. The Balaban J connectivity index is 0.000000118. The molecule has 8 heterocycles. The van der Waals surface area contributed by atoms with Gasteiger partial charge in [-0.3, -0.25) is 0 Å². The lowest BCUT2D eigenvalue weighted by atomic mass is 9.61. The maximum Gasteiger partial charge on any atom is 0.134 e. The molecule has 26 rings (SSSR count). The molecule has 8 nitrogen and oxygen atoms in total. The molecule has 2 unspecified atom stereocenters. The molecule has 9 heteroatoms. The number of H-pyrrole nitrogens is 1. The van der Waals surface area contributed by atoms with Gasteiger partial charge in [0, 0.05) is 127 Å². The van der Waals surface area contributed by atoms with Crippen LogP contribution in [0.3, 0.4) is 0 Å². The highest BCUT2D eigenvalue weighted by molar-refractivity contribution is 9.10. The van der Waals surface area contributed by atoms with E-state index < -0.39 is 10.8 Å². The first-order valence-electron chi connectivity index (χ1n) is 40.6. The average Bonchev–Trinajstić information content (AvgIpc) is 1.54. The Morgan fingerprint density at radius 3 is 1.07 bits per heavy atom. The second kappa shape index (κ2) is 27.8. The van der Waals surface area contributed by atoms with Crippen molar-refractivity contribution in [3.63, 3.8) is 0 Å². The summed E-state index contributed by atoms with van der Waals surface area (Å²) in [6.07, 6.45) is 0. The summed E-state index contributed by atoms with van der Waals surface area (Å²) in [5.41, 5.74) is 28.3. The molecular weight excluding hydrogens is 1530 g/mol. The van der Waals surface area contributed by atoms with Crippen molar-refractivity contribution >= 4 is 137 Å². The lowest BCUT2D eigenvalue weighted by molar-refractivity contribution is 0.434. The quantitative estimate of drug-likeness (QED) is 0.173. The van der Waals surface area contributed by atoms with E-state index in [1.807, 2.05) is 12.1 Å². The fraction of sp³-hybridized carbons (Fsp3) is 0.0270. The summed E-state index contributed by atoms with van der Waals surface area (Å²) < 4.78 is 22.3. The molecule has 1 N–H and O–H groups in total. The summed E-state index contributed by atoms with van der Waals surface area (Å²) in [6, 6.07) is 152. The Morgan fingerprint density at radius 2 is 0.583 bits per heavy atom. The number of para-hydroxylation sites is 14. The van der Waals surface area contributed by atoms with Crippen LogP contribution in [0, 0.1) is 0 Å². The number of halogens is 1. The smallest absolute Gasteiger partial charge is 0.134 e. The third-order valence-corrected chi connectivity index (χ3v) is 25.5. The molecule has 4 aliphatic heterocycles. The predicted molar refractivity (Wildman–Crippen MR) is 499 cm³/mol. The Hall–Kier alpha value is -15.2. The van der Waals surface area contributed by atoms with Crippen molar-refractivity contribution in [1.82, 2.24) is 18.7 Å². The summed E-state index contributed by atoms with van der Waals surface area (Å²) in [7, 11) is 0. The zero-order valence-electron chi connectivity index (χ0n) is 64.3. The van der Waals surface area contributed by atoms with Crippen LogP contribution in [0.15, 0.2) is 429 Å². The number of hydrogen-bond donors (Lipinski definition) is 1. The van der Waals surface area contributed by atoms with Crippen LogP contribution in [-0.4, -0.2) is 18.7 Å². The molecule has 0 bridgehead atoms. The number of anilines is 6. The second-order valence-corrected chi connectivity index (χ2v) is 32.0. The molecule has 0 amide bonds. The van der Waals surface area contributed by atoms with Crippen molar-refractivity contribution in [2.45, 2.75) is 18.3 Å². The van der Waals surface area contributed by atoms with Gasteiger partial charge in [0.1, 0.15) is 23.0 Å². The molecule has 4 aliphatic rings. The van der Waals surface area contributed by atoms with E-state index in [4.69, 9.17) is 9.47 Å². The molecule has 0 aliphatic carbocycles. The summed E-state index contributed by atoms with van der Waals surface area (Å²) in [5, 5.41) is 9.91. The van der Waals surface area contributed by atoms with Gasteiger partial charge in [-0.1, -0.05) is 278 Å². The number of hydrogen-bond acceptors (Lipinski definition) is 4. The number of aromatic nitrogens is 4. The first-order chi connectivity index (χ1) is 59.0. The van der Waals surface area contributed by atoms with Gasteiger partial charge < -0.3 is 38.0 Å². The minimum atomic E-state index is -0.637. The van der Waals surface area contributed by atoms with E-state index in [1.165, 1.54) is 110 Å². The lowest BCUT2D eigenvalue weighted by Crippen LogP contribution is -2.37. The molecule has 568 valence electrons. The van der Waals surface area contributed by atoms with Crippen LogP contribution in [0.1, 0.15) is 51.9 Å². The molecule has 0 saturated heterocycles. The first-order valence-corrected chi connectivity index (χ1v) is 41.4. The van der Waals surface area contributed by atoms with Crippen molar-refractivity contribution in [3.8, 4) is 40.1 Å². The van der Waals surface area contributed by atoms with Crippen molar-refractivity contribution < 1.29 is 9.47 Å². The van der Waals surface area contributed by atoms with Crippen LogP contribution in [0.2, 0.25) is 0 Å². The number of nitrogens with zero attached hydrogens (tertiary/aromatic N) is 5. The molecule has 18 aromatic carbocycles. The molecule has 2 atom stereocenters. The van der Waals surface area contributed by atoms with Gasteiger partial charge in [-0.2, -0.15) is 0 Å². The molecular formula is C111H75BrN6O2. The van der Waals surface area contributed by atoms with E-state index in [-0.39, 0.29) is 7.43 Å². The van der Waals surface area contributed by atoms with E-state index in [0.29, 0.717) is 0 Å². The van der Waals surface area contributed by atoms with Gasteiger partial charge in [-0.25, -0.2) is 0 Å². The van der Waals surface area contributed by atoms with Gasteiger partial charge in [0.05, 0.1) is 60.8 Å². The Labute approximate surface area is 702 Å². The normalized spacial score (nSPS) is 14.7. The zero-order valence-corrected chi connectivity index (χ0v) is 65.9. The number of nitrogens with one attached hydrogen (secondary N) is 1. The van der Waals surface area contributed by atoms with Crippen LogP contribution in [-0.2, 0) is 10.8 Å². The highest BCUT2D eigenvalue weighted by atomic mass is 79.9. The van der Waals surface area contributed by atoms with E-state index in [2.05, 4.69) is 457 Å². The Morgan fingerprint density at radius 1 is 0.233 bits per heavy atom. The van der Waals surface area contributed by atoms with E-state index in [9.17, 15) is 0 Å². The highest BCUT2D eigenvalue weighted by Gasteiger charge is 2.53. The summed E-state index contributed by atoms with van der Waals surface area (Å²) in [5.74, 6) is 3.55.